The lowest BCUT2D eigenvalue weighted by Crippen LogP contribution is -2.37. The minimum absolute atomic E-state index is 0.000229. The maximum absolute atomic E-state index is 12.0. The molecule has 0 spiro atoms. The van der Waals surface area contributed by atoms with E-state index in [9.17, 15) is 9.59 Å². The fourth-order valence-electron chi connectivity index (χ4n) is 2.94. The monoisotopic (exact) mass is 239 g/mol. The smallest absolute Gasteiger partial charge is 0.320 e. The number of hydrogen-bond donors (Lipinski definition) is 0. The Labute approximate surface area is 102 Å². The molecule has 0 radical (unpaired) electrons. The minimum Gasteiger partial charge on any atom is -0.323 e. The molecule has 0 aromatic carbocycles. The predicted octanol–water partition coefficient (Wildman–Crippen LogP) is 0.263. The van der Waals surface area contributed by atoms with E-state index in [-0.39, 0.29) is 24.4 Å². The Morgan fingerprint density at radius 3 is 2.59 bits per heavy atom. The van der Waals surface area contributed by atoms with Gasteiger partial charge in [-0.25, -0.2) is 4.79 Å². The van der Waals surface area contributed by atoms with E-state index in [4.69, 9.17) is 0 Å². The van der Waals surface area contributed by atoms with Gasteiger partial charge >= 0.3 is 6.03 Å². The van der Waals surface area contributed by atoms with Gasteiger partial charge in [0.25, 0.3) is 0 Å². The summed E-state index contributed by atoms with van der Waals surface area (Å²) < 4.78 is 0. The molecule has 0 saturated carbocycles. The van der Waals surface area contributed by atoms with Gasteiger partial charge in [0, 0.05) is 20.1 Å². The van der Waals surface area contributed by atoms with Crippen LogP contribution in [-0.2, 0) is 4.79 Å². The molecule has 0 aromatic rings. The van der Waals surface area contributed by atoms with Gasteiger partial charge in [0.2, 0.25) is 0 Å². The highest BCUT2D eigenvalue weighted by Crippen LogP contribution is 2.27. The summed E-state index contributed by atoms with van der Waals surface area (Å²) in [5, 5.41) is 0. The molecule has 2 saturated heterocycles. The number of amides is 2. The number of likely N-dealkylation sites (tertiary alicyclic amines) is 1. The van der Waals surface area contributed by atoms with Crippen LogP contribution in [0.15, 0.2) is 0 Å². The van der Waals surface area contributed by atoms with Gasteiger partial charge in [-0.3, -0.25) is 4.79 Å². The Hall–Kier alpha value is -1.10. The fourth-order valence-corrected chi connectivity index (χ4v) is 2.94. The summed E-state index contributed by atoms with van der Waals surface area (Å²) in [6.45, 7) is 4.64. The lowest BCUT2D eigenvalue weighted by atomic mass is 9.99. The second-order valence-electron chi connectivity index (χ2n) is 5.35. The average molecular weight is 239 g/mol. The van der Waals surface area contributed by atoms with Crippen LogP contribution in [0.3, 0.4) is 0 Å². The van der Waals surface area contributed by atoms with E-state index in [1.807, 2.05) is 11.9 Å². The normalized spacial score (nSPS) is 30.4. The Balaban J connectivity index is 2.01. The van der Waals surface area contributed by atoms with Crippen LogP contribution < -0.4 is 0 Å². The molecule has 2 amide bonds. The van der Waals surface area contributed by atoms with Crippen molar-refractivity contribution >= 4 is 11.8 Å². The standard InChI is InChI=1S/C12H21N3O2/c1-9(16)6-15-8-11(14(3)12(15)17)10-4-5-13(2)7-10/h10-11H,4-8H2,1-3H3. The van der Waals surface area contributed by atoms with Crippen LogP contribution >= 0.6 is 0 Å². The lowest BCUT2D eigenvalue weighted by Gasteiger charge is -2.23. The minimum atomic E-state index is -0.000229. The van der Waals surface area contributed by atoms with Crippen LogP contribution in [0.4, 0.5) is 4.79 Å². The molecule has 5 heteroatoms. The summed E-state index contributed by atoms with van der Waals surface area (Å²) in [6, 6.07) is 0.270. The average Bonchev–Trinajstić information content (AvgIpc) is 2.77. The molecule has 2 atom stereocenters. The van der Waals surface area contributed by atoms with Crippen LogP contribution in [0, 0.1) is 5.92 Å². The molecule has 2 rings (SSSR count). The molecule has 5 nitrogen and oxygen atoms in total. The highest BCUT2D eigenvalue weighted by atomic mass is 16.2. The molecule has 2 unspecified atom stereocenters. The first-order valence-corrected chi connectivity index (χ1v) is 6.18. The second-order valence-corrected chi connectivity index (χ2v) is 5.35. The van der Waals surface area contributed by atoms with E-state index < -0.39 is 0 Å². The lowest BCUT2D eigenvalue weighted by molar-refractivity contribution is -0.117. The van der Waals surface area contributed by atoms with Crippen molar-refractivity contribution in [3.8, 4) is 0 Å². The van der Waals surface area contributed by atoms with Crippen molar-refractivity contribution in [1.29, 1.82) is 0 Å². The highest BCUT2D eigenvalue weighted by Gasteiger charge is 2.41. The molecule has 2 heterocycles. The topological polar surface area (TPSA) is 43.9 Å². The molecule has 0 aliphatic carbocycles. The van der Waals surface area contributed by atoms with Crippen LogP contribution in [0.25, 0.3) is 0 Å². The van der Waals surface area contributed by atoms with E-state index in [0.717, 1.165) is 19.5 Å². The van der Waals surface area contributed by atoms with Gasteiger partial charge in [-0.1, -0.05) is 0 Å². The van der Waals surface area contributed by atoms with E-state index in [1.165, 1.54) is 6.92 Å². The largest absolute Gasteiger partial charge is 0.323 e. The van der Waals surface area contributed by atoms with Gasteiger partial charge in [-0.05, 0) is 32.9 Å². The maximum Gasteiger partial charge on any atom is 0.320 e. The number of hydrogen-bond acceptors (Lipinski definition) is 3. The second kappa shape index (κ2) is 4.64. The molecule has 2 fully saturated rings. The van der Waals surface area contributed by atoms with Crippen molar-refractivity contribution in [1.82, 2.24) is 14.7 Å². The number of carbonyl (C=O) groups excluding carboxylic acids is 2. The Morgan fingerprint density at radius 1 is 1.35 bits per heavy atom. The third-order valence-electron chi connectivity index (χ3n) is 3.86. The van der Waals surface area contributed by atoms with Gasteiger partial charge < -0.3 is 14.7 Å². The van der Waals surface area contributed by atoms with Crippen LogP contribution in [0.2, 0.25) is 0 Å². The summed E-state index contributed by atoms with van der Waals surface area (Å²) in [5.41, 5.74) is 0. The number of urea groups is 1. The number of Topliss-reactive ketones (excluding diaryl/α,β-unsaturated/α-hetero) is 1. The predicted molar refractivity (Wildman–Crippen MR) is 64.8 cm³/mol. The first-order valence-electron chi connectivity index (χ1n) is 6.18. The zero-order valence-electron chi connectivity index (χ0n) is 10.8. The van der Waals surface area contributed by atoms with Crippen molar-refractivity contribution in [2.75, 3.05) is 40.3 Å². The zero-order chi connectivity index (χ0) is 12.6. The molecule has 96 valence electrons. The third-order valence-corrected chi connectivity index (χ3v) is 3.86. The summed E-state index contributed by atoms with van der Waals surface area (Å²) in [4.78, 5) is 28.9. The quantitative estimate of drug-likeness (QED) is 0.710. The SMILES string of the molecule is CC(=O)CN1CC(C2CCN(C)C2)N(C)C1=O. The van der Waals surface area contributed by atoms with Gasteiger partial charge in [-0.15, -0.1) is 0 Å². The fraction of sp³-hybridized carbons (Fsp3) is 0.833. The zero-order valence-corrected chi connectivity index (χ0v) is 10.8. The van der Waals surface area contributed by atoms with E-state index in [2.05, 4.69) is 11.9 Å². The van der Waals surface area contributed by atoms with Gasteiger partial charge in [-0.2, -0.15) is 0 Å². The highest BCUT2D eigenvalue weighted by molar-refractivity contribution is 5.85. The Kier molecular flexibility index (Phi) is 3.38. The van der Waals surface area contributed by atoms with Gasteiger partial charge in [0.1, 0.15) is 5.78 Å². The number of likely N-dealkylation sites (N-methyl/N-ethyl adjacent to an activating group) is 1. The third kappa shape index (κ3) is 2.44. The summed E-state index contributed by atoms with van der Waals surface area (Å²) in [5.74, 6) is 0.599. The molecular formula is C12H21N3O2. The van der Waals surface area contributed by atoms with Crippen molar-refractivity contribution in [3.63, 3.8) is 0 Å². The first-order chi connectivity index (χ1) is 7.99. The Bertz CT molecular complexity index is 332. The van der Waals surface area contributed by atoms with Crippen LogP contribution in [-0.4, -0.2) is 72.8 Å². The van der Waals surface area contributed by atoms with Gasteiger partial charge in [0.15, 0.2) is 0 Å². The molecular weight excluding hydrogens is 218 g/mol. The van der Waals surface area contributed by atoms with Gasteiger partial charge in [0.05, 0.1) is 12.6 Å². The van der Waals surface area contributed by atoms with E-state index in [0.29, 0.717) is 12.5 Å². The Morgan fingerprint density at radius 2 is 2.06 bits per heavy atom. The first kappa shape index (κ1) is 12.4. The van der Waals surface area contributed by atoms with Crippen molar-refractivity contribution < 1.29 is 9.59 Å². The summed E-state index contributed by atoms with van der Waals surface area (Å²) in [6.07, 6.45) is 1.15. The number of carbonyl (C=O) groups is 2. The molecule has 0 N–H and O–H groups in total. The molecule has 17 heavy (non-hydrogen) atoms. The summed E-state index contributed by atoms with van der Waals surface area (Å²) >= 11 is 0. The van der Waals surface area contributed by atoms with E-state index >= 15 is 0 Å². The summed E-state index contributed by atoms with van der Waals surface area (Å²) in [7, 11) is 3.97. The molecule has 2 aliphatic rings. The van der Waals surface area contributed by atoms with Crippen LogP contribution in [0.1, 0.15) is 13.3 Å². The van der Waals surface area contributed by atoms with E-state index in [1.54, 1.807) is 4.90 Å². The van der Waals surface area contributed by atoms with Crippen molar-refractivity contribution in [2.45, 2.75) is 19.4 Å². The molecule has 2 aliphatic heterocycles. The van der Waals surface area contributed by atoms with Crippen molar-refractivity contribution in [2.24, 2.45) is 5.92 Å². The molecule has 0 bridgehead atoms. The maximum atomic E-state index is 12.0. The number of nitrogens with zero attached hydrogens (tertiary/aromatic N) is 3. The number of rotatable bonds is 3. The van der Waals surface area contributed by atoms with Crippen LogP contribution in [0.5, 0.6) is 0 Å². The van der Waals surface area contributed by atoms with Crippen molar-refractivity contribution in [3.05, 3.63) is 0 Å². The molecule has 0 aromatic heterocycles. The number of ketones is 1.